The predicted octanol–water partition coefficient (Wildman–Crippen LogP) is -2.50. The number of urea groups is 1. The third kappa shape index (κ3) is 5.94. The third-order valence-corrected chi connectivity index (χ3v) is 3.32. The number of aliphatic hydroxyl groups excluding tert-OH is 2. The highest BCUT2D eigenvalue weighted by Crippen LogP contribution is 2.18. The highest BCUT2D eigenvalue weighted by atomic mass is 16.5. The zero-order chi connectivity index (χ0) is 20.0. The summed E-state index contributed by atoms with van der Waals surface area (Å²) in [4.78, 5) is 38.1. The predicted molar refractivity (Wildman–Crippen MR) is 84.2 cm³/mol. The van der Waals surface area contributed by atoms with Gasteiger partial charge in [0.1, 0.15) is 6.04 Å². The van der Waals surface area contributed by atoms with E-state index in [0.29, 0.717) is 0 Å². The minimum atomic E-state index is -1.58. The molecule has 1 heterocycles. The molecule has 0 bridgehead atoms. The van der Waals surface area contributed by atoms with Crippen molar-refractivity contribution in [1.82, 2.24) is 20.8 Å². The van der Waals surface area contributed by atoms with E-state index >= 15 is 0 Å². The molecule has 1 aromatic heterocycles. The van der Waals surface area contributed by atoms with Gasteiger partial charge in [-0.1, -0.05) is 5.16 Å². The van der Waals surface area contributed by atoms with Gasteiger partial charge in [0, 0.05) is 0 Å². The van der Waals surface area contributed by atoms with Crippen LogP contribution in [-0.4, -0.2) is 61.6 Å². The number of carboxylic acid groups (broad SMARTS) is 1. The molecule has 0 aliphatic heterocycles. The second-order valence-electron chi connectivity index (χ2n) is 5.65. The second-order valence-corrected chi connectivity index (χ2v) is 5.65. The molecule has 146 valence electrons. The van der Waals surface area contributed by atoms with E-state index in [0.717, 1.165) is 0 Å². The minimum Gasteiger partial charge on any atom is -0.480 e. The normalized spacial score (nSPS) is 16.8. The summed E-state index contributed by atoms with van der Waals surface area (Å²) in [5.74, 6) is -2.53. The number of hydrogen-bond acceptors (Lipinski definition) is 9. The van der Waals surface area contributed by atoms with Gasteiger partial charge in [-0.15, -0.1) is 0 Å². The summed E-state index contributed by atoms with van der Waals surface area (Å²) in [6.07, 6.45) is -2.77. The molecule has 0 saturated heterocycles. The summed E-state index contributed by atoms with van der Waals surface area (Å²) in [6.45, 7) is 2.59. The molecule has 1 rings (SSSR count). The number of carbonyl (C=O) groups excluding carboxylic acids is 2. The lowest BCUT2D eigenvalue weighted by Crippen LogP contribution is -2.52. The van der Waals surface area contributed by atoms with E-state index in [9.17, 15) is 24.6 Å². The van der Waals surface area contributed by atoms with E-state index in [1.54, 1.807) is 0 Å². The molecule has 0 aromatic carbocycles. The van der Waals surface area contributed by atoms with Gasteiger partial charge in [-0.05, 0) is 13.8 Å². The highest BCUT2D eigenvalue weighted by molar-refractivity contribution is 5.83. The molecule has 2 unspecified atom stereocenters. The molecule has 26 heavy (non-hydrogen) atoms. The molecule has 9 N–H and O–H groups in total. The fourth-order valence-electron chi connectivity index (χ4n) is 1.87. The lowest BCUT2D eigenvalue weighted by Gasteiger charge is -2.19. The molecule has 0 aliphatic carbocycles. The average Bonchev–Trinajstić information content (AvgIpc) is 2.99. The van der Waals surface area contributed by atoms with Crippen LogP contribution in [0.2, 0.25) is 0 Å². The van der Waals surface area contributed by atoms with E-state index in [4.69, 9.17) is 21.1 Å². The molecule has 1 aromatic rings. The molecule has 0 spiro atoms. The summed E-state index contributed by atoms with van der Waals surface area (Å²) in [5.41, 5.74) is 10.8. The molecule has 0 aliphatic rings. The summed E-state index contributed by atoms with van der Waals surface area (Å²) in [6, 6.07) is -4.71. The fourth-order valence-corrected chi connectivity index (χ4v) is 1.87. The Kier molecular flexibility index (Phi) is 7.42. The molecule has 13 heteroatoms. The van der Waals surface area contributed by atoms with Gasteiger partial charge in [-0.3, -0.25) is 4.79 Å². The first-order chi connectivity index (χ1) is 12.0. The number of nitrogens with one attached hydrogen (secondary N) is 2. The number of nitrogens with two attached hydrogens (primary N) is 2. The Bertz CT molecular complexity index is 647. The molecule has 5 atom stereocenters. The van der Waals surface area contributed by atoms with Crippen LogP contribution in [0.5, 0.6) is 0 Å². The van der Waals surface area contributed by atoms with E-state index in [1.165, 1.54) is 13.8 Å². The summed E-state index contributed by atoms with van der Waals surface area (Å²) >= 11 is 0. The number of hydrogen-bond donors (Lipinski definition) is 7. The lowest BCUT2D eigenvalue weighted by molar-refractivity contribution is -0.141. The molecule has 0 saturated carbocycles. The van der Waals surface area contributed by atoms with E-state index in [2.05, 4.69) is 15.5 Å². The van der Waals surface area contributed by atoms with Crippen LogP contribution in [0.4, 0.5) is 4.79 Å². The Morgan fingerprint density at radius 1 is 1.19 bits per heavy atom. The van der Waals surface area contributed by atoms with Gasteiger partial charge in [0.15, 0.2) is 11.9 Å². The number of aromatic nitrogens is 2. The van der Waals surface area contributed by atoms with E-state index in [-0.39, 0.29) is 11.7 Å². The largest absolute Gasteiger partial charge is 0.480 e. The Hall–Kier alpha value is -2.77. The summed E-state index contributed by atoms with van der Waals surface area (Å²) in [7, 11) is 0. The maximum absolute atomic E-state index is 12.0. The Balaban J connectivity index is 2.92. The third-order valence-electron chi connectivity index (χ3n) is 3.32. The number of amides is 3. The monoisotopic (exact) mass is 374 g/mol. The SMILES string of the molecule is CC(O)[C@H](NC(=O)N[C@@H](CC(N)=O)c1nc([C@@H](N)C(C)O)no1)C(=O)O. The number of primary amides is 1. The van der Waals surface area contributed by atoms with Gasteiger partial charge in [0.05, 0.1) is 24.7 Å². The summed E-state index contributed by atoms with van der Waals surface area (Å²) < 4.78 is 4.93. The molecule has 0 fully saturated rings. The van der Waals surface area contributed by atoms with Crippen LogP contribution < -0.4 is 22.1 Å². The van der Waals surface area contributed by atoms with Crippen molar-refractivity contribution in [2.75, 3.05) is 0 Å². The van der Waals surface area contributed by atoms with Crippen molar-refractivity contribution in [3.63, 3.8) is 0 Å². The van der Waals surface area contributed by atoms with Gasteiger partial charge in [0.25, 0.3) is 0 Å². The van der Waals surface area contributed by atoms with Crippen molar-refractivity contribution in [2.24, 2.45) is 11.5 Å². The molecule has 3 amide bonds. The van der Waals surface area contributed by atoms with Crippen LogP contribution in [0.15, 0.2) is 4.52 Å². The Morgan fingerprint density at radius 2 is 1.81 bits per heavy atom. The maximum atomic E-state index is 12.0. The first-order valence-electron chi connectivity index (χ1n) is 7.56. The number of aliphatic carboxylic acids is 1. The number of rotatable bonds is 9. The van der Waals surface area contributed by atoms with Crippen molar-refractivity contribution in [2.45, 2.75) is 50.6 Å². The van der Waals surface area contributed by atoms with E-state index in [1.807, 2.05) is 5.32 Å². The number of carboxylic acids is 1. The van der Waals surface area contributed by atoms with Crippen LogP contribution in [-0.2, 0) is 9.59 Å². The summed E-state index contributed by atoms with van der Waals surface area (Å²) in [5, 5.41) is 35.6. The van der Waals surface area contributed by atoms with Gasteiger partial charge in [-0.25, -0.2) is 9.59 Å². The Labute approximate surface area is 147 Å². The molecular formula is C13H22N6O7. The van der Waals surface area contributed by atoms with Crippen LogP contribution in [0.3, 0.4) is 0 Å². The first-order valence-corrected chi connectivity index (χ1v) is 7.56. The zero-order valence-corrected chi connectivity index (χ0v) is 14.1. The van der Waals surface area contributed by atoms with Crippen LogP contribution in [0, 0.1) is 0 Å². The number of carbonyl (C=O) groups is 3. The van der Waals surface area contributed by atoms with Crippen molar-refractivity contribution in [3.8, 4) is 0 Å². The van der Waals surface area contributed by atoms with Gasteiger partial charge >= 0.3 is 12.0 Å². The number of aliphatic hydroxyl groups is 2. The van der Waals surface area contributed by atoms with Gasteiger partial charge in [0.2, 0.25) is 11.8 Å². The maximum Gasteiger partial charge on any atom is 0.328 e. The number of nitrogens with zero attached hydrogens (tertiary/aromatic N) is 2. The minimum absolute atomic E-state index is 0.0564. The Morgan fingerprint density at radius 3 is 2.27 bits per heavy atom. The second kappa shape index (κ2) is 9.07. The lowest BCUT2D eigenvalue weighted by atomic mass is 10.1. The standard InChI is InChI=1S/C13H22N6O7/c1-4(20)8(15)10-18-11(26-19-10)6(3-7(14)22)16-13(25)17-9(5(2)21)12(23)24/h4-6,8-9,20-21H,3,15H2,1-2H3,(H2,14,22)(H,23,24)(H2,16,17,25)/t4?,5?,6-,8-,9-/m0/s1. The van der Waals surface area contributed by atoms with Crippen LogP contribution in [0.25, 0.3) is 0 Å². The topological polar surface area (TPSA) is 227 Å². The van der Waals surface area contributed by atoms with E-state index < -0.39 is 54.7 Å². The van der Waals surface area contributed by atoms with Crippen molar-refractivity contribution < 1.29 is 34.2 Å². The van der Waals surface area contributed by atoms with Gasteiger partial charge in [-0.2, -0.15) is 4.98 Å². The van der Waals surface area contributed by atoms with Crippen molar-refractivity contribution >= 4 is 17.9 Å². The smallest absolute Gasteiger partial charge is 0.328 e. The fraction of sp³-hybridized carbons (Fsp3) is 0.615. The molecule has 0 radical (unpaired) electrons. The highest BCUT2D eigenvalue weighted by Gasteiger charge is 2.29. The average molecular weight is 374 g/mol. The molecular weight excluding hydrogens is 352 g/mol. The van der Waals surface area contributed by atoms with Gasteiger partial charge < -0.3 is 41.9 Å². The zero-order valence-electron chi connectivity index (χ0n) is 14.1. The van der Waals surface area contributed by atoms with Crippen LogP contribution in [0.1, 0.15) is 44.1 Å². The molecule has 13 nitrogen and oxygen atoms in total. The van der Waals surface area contributed by atoms with Crippen LogP contribution >= 0.6 is 0 Å². The van der Waals surface area contributed by atoms with Crippen molar-refractivity contribution in [3.05, 3.63) is 11.7 Å². The van der Waals surface area contributed by atoms with Crippen molar-refractivity contribution in [1.29, 1.82) is 0 Å². The quantitative estimate of drug-likeness (QED) is 0.240. The first kappa shape index (κ1) is 21.3.